The summed E-state index contributed by atoms with van der Waals surface area (Å²) in [4.78, 5) is 37.4. The van der Waals surface area contributed by atoms with Crippen LogP contribution < -0.4 is 14.9 Å². The fourth-order valence-electron chi connectivity index (χ4n) is 2.99. The average Bonchev–Trinajstić information content (AvgIpc) is 3.32. The van der Waals surface area contributed by atoms with Crippen molar-refractivity contribution >= 4 is 34.2 Å². The van der Waals surface area contributed by atoms with E-state index in [1.165, 1.54) is 29.5 Å². The zero-order valence-corrected chi connectivity index (χ0v) is 18.1. The van der Waals surface area contributed by atoms with Gasteiger partial charge in [-0.3, -0.25) is 4.79 Å². The van der Waals surface area contributed by atoms with Crippen LogP contribution in [0.1, 0.15) is 32.7 Å². The fourth-order valence-corrected chi connectivity index (χ4v) is 3.59. The molecule has 0 amide bonds. The van der Waals surface area contributed by atoms with Crippen molar-refractivity contribution in [3.05, 3.63) is 86.4 Å². The van der Waals surface area contributed by atoms with Gasteiger partial charge < -0.3 is 18.6 Å². The second-order valence-electron chi connectivity index (χ2n) is 6.69. The van der Waals surface area contributed by atoms with E-state index < -0.39 is 11.9 Å². The first kappa shape index (κ1) is 21.3. The number of carbonyl (C=O) groups excluding carboxylic acids is 2. The van der Waals surface area contributed by atoms with Crippen molar-refractivity contribution in [2.75, 3.05) is 6.61 Å². The molecule has 4 rings (SSSR count). The summed E-state index contributed by atoms with van der Waals surface area (Å²) >= 11 is 1.28. The second-order valence-corrected chi connectivity index (χ2v) is 7.64. The molecule has 2 aromatic carbocycles. The van der Waals surface area contributed by atoms with Crippen LogP contribution in [0.25, 0.3) is 11.0 Å². The highest BCUT2D eigenvalue weighted by atomic mass is 32.1. The largest absolute Gasteiger partial charge is 0.462 e. The predicted octanol–water partition coefficient (Wildman–Crippen LogP) is 5.35. The van der Waals surface area contributed by atoms with Gasteiger partial charge >= 0.3 is 11.9 Å². The van der Waals surface area contributed by atoms with Crippen LogP contribution in [0.3, 0.4) is 0 Å². The Labute approximate surface area is 186 Å². The molecule has 0 aliphatic rings. The van der Waals surface area contributed by atoms with Gasteiger partial charge in [0.15, 0.2) is 0 Å². The first-order valence-corrected chi connectivity index (χ1v) is 10.6. The highest BCUT2D eigenvalue weighted by Crippen LogP contribution is 2.28. The quantitative estimate of drug-likeness (QED) is 0.289. The first-order chi connectivity index (χ1) is 15.5. The highest BCUT2D eigenvalue weighted by molar-refractivity contribution is 7.12. The van der Waals surface area contributed by atoms with E-state index in [9.17, 15) is 14.4 Å². The SMILES string of the molecule is CCOC(=O)c1ccc(Oc2c(C)oc3cc(OC(=O)c4cccs4)ccc3c2=O)cc1. The molecule has 8 heteroatoms. The van der Waals surface area contributed by atoms with Gasteiger partial charge in [-0.2, -0.15) is 0 Å². The lowest BCUT2D eigenvalue weighted by Gasteiger charge is -2.10. The molecule has 2 heterocycles. The Kier molecular flexibility index (Phi) is 6.04. The molecule has 0 radical (unpaired) electrons. The van der Waals surface area contributed by atoms with Crippen molar-refractivity contribution in [1.82, 2.24) is 0 Å². The van der Waals surface area contributed by atoms with Gasteiger partial charge in [0, 0.05) is 6.07 Å². The molecule has 4 aromatic rings. The Hall–Kier alpha value is -3.91. The molecule has 0 unspecified atom stereocenters. The number of ether oxygens (including phenoxy) is 3. The lowest BCUT2D eigenvalue weighted by Crippen LogP contribution is -2.09. The van der Waals surface area contributed by atoms with Crippen LogP contribution >= 0.6 is 11.3 Å². The van der Waals surface area contributed by atoms with E-state index in [4.69, 9.17) is 18.6 Å². The number of fused-ring (bicyclic) bond motifs is 1. The van der Waals surface area contributed by atoms with Crippen molar-refractivity contribution in [3.63, 3.8) is 0 Å². The molecule has 0 spiro atoms. The smallest absolute Gasteiger partial charge is 0.353 e. The molecule has 0 saturated carbocycles. The molecule has 162 valence electrons. The minimum atomic E-state index is -0.482. The van der Waals surface area contributed by atoms with Gasteiger partial charge in [0.25, 0.3) is 0 Å². The third-order valence-corrected chi connectivity index (χ3v) is 5.35. The van der Waals surface area contributed by atoms with E-state index in [-0.39, 0.29) is 40.3 Å². The monoisotopic (exact) mass is 450 g/mol. The summed E-state index contributed by atoms with van der Waals surface area (Å²) in [6, 6.07) is 14.2. The first-order valence-electron chi connectivity index (χ1n) is 9.74. The Morgan fingerprint density at radius 3 is 2.44 bits per heavy atom. The zero-order valence-electron chi connectivity index (χ0n) is 17.2. The van der Waals surface area contributed by atoms with Crippen molar-refractivity contribution < 1.29 is 28.2 Å². The van der Waals surface area contributed by atoms with Crippen molar-refractivity contribution in [3.8, 4) is 17.2 Å². The summed E-state index contributed by atoms with van der Waals surface area (Å²) in [7, 11) is 0. The van der Waals surface area contributed by atoms with Crippen LogP contribution in [0.4, 0.5) is 0 Å². The van der Waals surface area contributed by atoms with Crippen molar-refractivity contribution in [1.29, 1.82) is 0 Å². The van der Waals surface area contributed by atoms with E-state index in [1.807, 2.05) is 0 Å². The maximum Gasteiger partial charge on any atom is 0.353 e. The minimum absolute atomic E-state index is 0.0321. The lowest BCUT2D eigenvalue weighted by atomic mass is 10.2. The Bertz CT molecular complexity index is 1340. The maximum atomic E-state index is 13.0. The number of thiophene rings is 1. The number of hydrogen-bond acceptors (Lipinski definition) is 8. The van der Waals surface area contributed by atoms with Crippen LogP contribution in [0, 0.1) is 6.92 Å². The molecule has 0 N–H and O–H groups in total. The fraction of sp³-hybridized carbons (Fsp3) is 0.125. The van der Waals surface area contributed by atoms with E-state index in [0.717, 1.165) is 0 Å². The summed E-state index contributed by atoms with van der Waals surface area (Å²) in [5.41, 5.74) is 0.287. The Balaban J connectivity index is 1.59. The summed E-state index contributed by atoms with van der Waals surface area (Å²) in [5.74, 6) is 0.0139. The van der Waals surface area contributed by atoms with E-state index in [2.05, 4.69) is 0 Å². The number of hydrogen-bond donors (Lipinski definition) is 0. The van der Waals surface area contributed by atoms with Gasteiger partial charge in [0.2, 0.25) is 11.2 Å². The van der Waals surface area contributed by atoms with Gasteiger partial charge in [-0.15, -0.1) is 11.3 Å². The second kappa shape index (κ2) is 9.07. The summed E-state index contributed by atoms with van der Waals surface area (Å²) < 4.78 is 21.8. The van der Waals surface area contributed by atoms with Gasteiger partial charge in [-0.25, -0.2) is 9.59 Å². The highest BCUT2D eigenvalue weighted by Gasteiger charge is 2.16. The third kappa shape index (κ3) is 4.40. The van der Waals surface area contributed by atoms with Gasteiger partial charge in [-0.1, -0.05) is 6.07 Å². The van der Waals surface area contributed by atoms with E-state index in [0.29, 0.717) is 16.2 Å². The number of benzene rings is 2. The molecule has 32 heavy (non-hydrogen) atoms. The van der Waals surface area contributed by atoms with Crippen molar-refractivity contribution in [2.24, 2.45) is 0 Å². The van der Waals surface area contributed by atoms with Crippen LogP contribution in [-0.2, 0) is 4.74 Å². The van der Waals surface area contributed by atoms with Crippen LogP contribution in [0.2, 0.25) is 0 Å². The molecule has 0 aliphatic heterocycles. The van der Waals surface area contributed by atoms with Gasteiger partial charge in [-0.05, 0) is 61.7 Å². The molecule has 0 bridgehead atoms. The summed E-state index contributed by atoms with van der Waals surface area (Å²) in [6.07, 6.45) is 0. The Morgan fingerprint density at radius 2 is 1.75 bits per heavy atom. The van der Waals surface area contributed by atoms with Crippen LogP contribution in [0.15, 0.2) is 69.2 Å². The number of esters is 2. The maximum absolute atomic E-state index is 13.0. The molecule has 7 nitrogen and oxygen atoms in total. The molecule has 2 aromatic heterocycles. The summed E-state index contributed by atoms with van der Waals surface area (Å²) in [6.45, 7) is 3.62. The Morgan fingerprint density at radius 1 is 1.00 bits per heavy atom. The van der Waals surface area contributed by atoms with Crippen LogP contribution in [0.5, 0.6) is 17.2 Å². The van der Waals surface area contributed by atoms with Crippen molar-refractivity contribution in [2.45, 2.75) is 13.8 Å². The number of carbonyl (C=O) groups is 2. The van der Waals surface area contributed by atoms with E-state index in [1.54, 1.807) is 55.6 Å². The molecule has 0 aliphatic carbocycles. The number of rotatable bonds is 6. The average molecular weight is 450 g/mol. The molecular formula is C24H18O7S. The molecule has 0 fully saturated rings. The minimum Gasteiger partial charge on any atom is -0.462 e. The van der Waals surface area contributed by atoms with Gasteiger partial charge in [0.1, 0.15) is 27.7 Å². The topological polar surface area (TPSA) is 92.0 Å². The molecule has 0 atom stereocenters. The normalized spacial score (nSPS) is 10.7. The van der Waals surface area contributed by atoms with Crippen LogP contribution in [-0.4, -0.2) is 18.5 Å². The lowest BCUT2D eigenvalue weighted by molar-refractivity contribution is 0.0526. The standard InChI is InChI=1S/C24H18O7S/c1-3-28-23(26)15-6-8-16(9-7-15)30-22-14(2)29-19-13-17(10-11-18(19)21(22)25)31-24(27)20-5-4-12-32-20/h4-13H,3H2,1-2H3. The molecule has 0 saturated heterocycles. The molecular weight excluding hydrogens is 432 g/mol. The zero-order chi connectivity index (χ0) is 22.7. The number of aryl methyl sites for hydroxylation is 1. The third-order valence-electron chi connectivity index (χ3n) is 4.51. The van der Waals surface area contributed by atoms with E-state index >= 15 is 0 Å². The summed E-state index contributed by atoms with van der Waals surface area (Å²) in [5, 5.41) is 2.07. The van der Waals surface area contributed by atoms with Gasteiger partial charge in [0.05, 0.1) is 17.6 Å². The predicted molar refractivity (Wildman–Crippen MR) is 119 cm³/mol.